The number of hydrogen-bond acceptors (Lipinski definition) is 7. The summed E-state index contributed by atoms with van der Waals surface area (Å²) < 4.78 is 17.2. The number of aromatic nitrogens is 5. The fourth-order valence-electron chi connectivity index (χ4n) is 6.48. The maximum atomic E-state index is 13.7. The molecule has 3 N–H and O–H groups in total. The number of anilines is 2. The molecule has 0 spiro atoms. The number of nitrogens with two attached hydrogens (primary N) is 1. The SMILES string of the molecule is CC1CN(c2cc(C(=O)Nc3ccc4c(c3)-c3c(c(C(N)=O)nn3-c3ccc(F)cc3)CC4)c(Cl)cn2)CCN1Cc1cnn(C)c1. The average Bonchev–Trinajstić information content (AvgIpc) is 3.66. The summed E-state index contributed by atoms with van der Waals surface area (Å²) in [7, 11) is 1.92. The molecule has 0 saturated carbocycles. The van der Waals surface area contributed by atoms with E-state index in [0.29, 0.717) is 41.3 Å². The van der Waals surface area contributed by atoms with Crippen LogP contribution >= 0.6 is 11.6 Å². The normalized spacial score (nSPS) is 16.1. The molecular weight excluding hydrogens is 621 g/mol. The fraction of sp³-hybridized carbons (Fsp3) is 0.265. The van der Waals surface area contributed by atoms with E-state index in [4.69, 9.17) is 17.3 Å². The van der Waals surface area contributed by atoms with Gasteiger partial charge >= 0.3 is 0 Å². The molecule has 1 aliphatic heterocycles. The van der Waals surface area contributed by atoms with Crippen molar-refractivity contribution in [2.24, 2.45) is 12.8 Å². The van der Waals surface area contributed by atoms with Crippen molar-refractivity contribution in [2.75, 3.05) is 29.9 Å². The maximum Gasteiger partial charge on any atom is 0.269 e. The molecule has 1 fully saturated rings. The van der Waals surface area contributed by atoms with E-state index < -0.39 is 5.91 Å². The number of nitrogens with one attached hydrogen (secondary N) is 1. The maximum absolute atomic E-state index is 13.7. The third-order valence-electron chi connectivity index (χ3n) is 8.87. The van der Waals surface area contributed by atoms with Crippen LogP contribution in [0.5, 0.6) is 0 Å². The third-order valence-corrected chi connectivity index (χ3v) is 9.18. The van der Waals surface area contributed by atoms with E-state index in [2.05, 4.69) is 37.2 Å². The van der Waals surface area contributed by atoms with Crippen LogP contribution in [0.1, 0.15) is 44.5 Å². The monoisotopic (exact) mass is 653 g/mol. The predicted octanol–water partition coefficient (Wildman–Crippen LogP) is 4.62. The molecule has 1 atom stereocenters. The summed E-state index contributed by atoms with van der Waals surface area (Å²) in [5, 5.41) is 12.0. The molecule has 13 heteroatoms. The molecule has 1 saturated heterocycles. The van der Waals surface area contributed by atoms with E-state index in [1.54, 1.807) is 22.9 Å². The second-order valence-electron chi connectivity index (χ2n) is 12.1. The van der Waals surface area contributed by atoms with Crippen LogP contribution in [-0.4, -0.2) is 66.9 Å². The topological polar surface area (TPSA) is 127 Å². The molecule has 7 rings (SSSR count). The summed E-state index contributed by atoms with van der Waals surface area (Å²) in [6.07, 6.45) is 6.68. The van der Waals surface area contributed by atoms with Crippen molar-refractivity contribution in [1.82, 2.24) is 29.4 Å². The summed E-state index contributed by atoms with van der Waals surface area (Å²) in [6.45, 7) is 5.34. The zero-order valence-corrected chi connectivity index (χ0v) is 26.7. The lowest BCUT2D eigenvalue weighted by Gasteiger charge is -2.40. The van der Waals surface area contributed by atoms with Crippen molar-refractivity contribution < 1.29 is 14.0 Å². The van der Waals surface area contributed by atoms with Gasteiger partial charge in [0.05, 0.1) is 28.2 Å². The van der Waals surface area contributed by atoms with Gasteiger partial charge in [-0.2, -0.15) is 10.2 Å². The number of primary amides is 1. The summed E-state index contributed by atoms with van der Waals surface area (Å²) in [5.74, 6) is -0.708. The first-order valence-electron chi connectivity index (χ1n) is 15.4. The lowest BCUT2D eigenvalue weighted by Crippen LogP contribution is -2.51. The minimum Gasteiger partial charge on any atom is -0.364 e. The van der Waals surface area contributed by atoms with Crippen LogP contribution in [0.4, 0.5) is 15.9 Å². The summed E-state index contributed by atoms with van der Waals surface area (Å²) in [4.78, 5) is 35.1. The molecule has 11 nitrogen and oxygen atoms in total. The van der Waals surface area contributed by atoms with Gasteiger partial charge in [-0.1, -0.05) is 17.7 Å². The highest BCUT2D eigenvalue weighted by atomic mass is 35.5. The number of pyridine rings is 1. The lowest BCUT2D eigenvalue weighted by molar-refractivity contribution is 0.0992. The van der Waals surface area contributed by atoms with Crippen LogP contribution in [-0.2, 0) is 26.4 Å². The molecule has 47 heavy (non-hydrogen) atoms. The first-order valence-corrected chi connectivity index (χ1v) is 15.8. The van der Waals surface area contributed by atoms with E-state index in [1.807, 2.05) is 42.3 Å². The van der Waals surface area contributed by atoms with Crippen molar-refractivity contribution in [3.8, 4) is 16.9 Å². The van der Waals surface area contributed by atoms with Gasteiger partial charge in [0, 0.05) is 74.0 Å². The largest absolute Gasteiger partial charge is 0.364 e. The Kier molecular flexibility index (Phi) is 7.98. The molecule has 2 aromatic carbocycles. The Balaban J connectivity index is 1.13. The van der Waals surface area contributed by atoms with Gasteiger partial charge in [0.2, 0.25) is 0 Å². The first-order chi connectivity index (χ1) is 22.6. The van der Waals surface area contributed by atoms with E-state index in [0.717, 1.165) is 42.9 Å². The highest BCUT2D eigenvalue weighted by molar-refractivity contribution is 6.34. The van der Waals surface area contributed by atoms with E-state index in [-0.39, 0.29) is 28.5 Å². The van der Waals surface area contributed by atoms with Gasteiger partial charge < -0.3 is 16.0 Å². The van der Waals surface area contributed by atoms with Gasteiger partial charge in [-0.15, -0.1) is 0 Å². The number of piperazine rings is 1. The van der Waals surface area contributed by atoms with Gasteiger partial charge in [0.15, 0.2) is 5.69 Å². The smallest absolute Gasteiger partial charge is 0.269 e. The zero-order valence-electron chi connectivity index (χ0n) is 26.0. The van der Waals surface area contributed by atoms with E-state index in [9.17, 15) is 14.0 Å². The zero-order chi connectivity index (χ0) is 32.8. The van der Waals surface area contributed by atoms with Crippen molar-refractivity contribution in [3.63, 3.8) is 0 Å². The molecule has 5 aromatic rings. The van der Waals surface area contributed by atoms with Gasteiger partial charge in [-0.25, -0.2) is 14.1 Å². The second-order valence-corrected chi connectivity index (χ2v) is 12.5. The molecule has 0 bridgehead atoms. The molecule has 240 valence electrons. The minimum atomic E-state index is -0.637. The van der Waals surface area contributed by atoms with Crippen LogP contribution in [0.15, 0.2) is 67.1 Å². The lowest BCUT2D eigenvalue weighted by atomic mass is 9.88. The standard InChI is InChI=1S/C34H33ClFN9O2/c1-20-17-44(12-11-43(20)19-21-15-39-42(2)18-21)30-14-28(29(35)16-38-30)34(47)40-24-7-3-22-4-10-26-31(33(37)46)41-45(32(26)27(22)13-24)25-8-5-23(36)6-9-25/h3,5-9,13-16,18,20H,4,10-12,17,19H2,1-2H3,(H2,37,46)(H,40,47). The number of halogens is 2. The quantitative estimate of drug-likeness (QED) is 0.262. The van der Waals surface area contributed by atoms with Crippen LogP contribution in [0.2, 0.25) is 5.02 Å². The Morgan fingerprint density at radius 1 is 1.09 bits per heavy atom. The Morgan fingerprint density at radius 3 is 2.62 bits per heavy atom. The summed E-state index contributed by atoms with van der Waals surface area (Å²) in [6, 6.07) is 13.5. The number of carbonyl (C=O) groups excluding carboxylic acids is 2. The Bertz CT molecular complexity index is 2010. The molecule has 0 radical (unpaired) electrons. The van der Waals surface area contributed by atoms with Gasteiger partial charge in [-0.3, -0.25) is 19.2 Å². The number of aryl methyl sites for hydroxylation is 2. The number of rotatable bonds is 7. The fourth-order valence-corrected chi connectivity index (χ4v) is 6.67. The molecule has 2 aliphatic rings. The van der Waals surface area contributed by atoms with Crippen molar-refractivity contribution in [2.45, 2.75) is 32.4 Å². The Labute approximate surface area is 275 Å². The molecular formula is C34H33ClFN9O2. The van der Waals surface area contributed by atoms with Crippen LogP contribution < -0.4 is 16.0 Å². The first kappa shape index (κ1) is 30.6. The number of carbonyl (C=O) groups is 2. The van der Waals surface area contributed by atoms with E-state index in [1.165, 1.54) is 23.9 Å². The van der Waals surface area contributed by atoms with Gasteiger partial charge in [-0.05, 0) is 67.8 Å². The van der Waals surface area contributed by atoms with Crippen molar-refractivity contribution in [3.05, 3.63) is 106 Å². The Morgan fingerprint density at radius 2 is 1.89 bits per heavy atom. The number of hydrogen-bond donors (Lipinski definition) is 2. The molecule has 1 unspecified atom stereocenters. The van der Waals surface area contributed by atoms with Gasteiger partial charge in [0.25, 0.3) is 11.8 Å². The highest BCUT2D eigenvalue weighted by Crippen LogP contribution is 2.38. The Hall–Kier alpha value is -5.07. The van der Waals surface area contributed by atoms with E-state index >= 15 is 0 Å². The third kappa shape index (κ3) is 5.97. The molecule has 4 heterocycles. The number of amides is 2. The molecule has 2 amide bonds. The van der Waals surface area contributed by atoms with Crippen LogP contribution in [0.3, 0.4) is 0 Å². The van der Waals surface area contributed by atoms with Crippen LogP contribution in [0.25, 0.3) is 16.9 Å². The minimum absolute atomic E-state index is 0.174. The number of fused-ring (bicyclic) bond motifs is 3. The van der Waals surface area contributed by atoms with Crippen molar-refractivity contribution in [1.29, 1.82) is 0 Å². The van der Waals surface area contributed by atoms with Crippen LogP contribution in [0, 0.1) is 5.82 Å². The number of nitrogens with zero attached hydrogens (tertiary/aromatic N) is 7. The summed E-state index contributed by atoms with van der Waals surface area (Å²) >= 11 is 6.51. The van der Waals surface area contributed by atoms with Gasteiger partial charge in [0.1, 0.15) is 11.6 Å². The average molecular weight is 654 g/mol. The molecule has 3 aromatic heterocycles. The van der Waals surface area contributed by atoms with Crippen molar-refractivity contribution >= 4 is 34.9 Å². The number of benzene rings is 2. The predicted molar refractivity (Wildman–Crippen MR) is 177 cm³/mol. The highest BCUT2D eigenvalue weighted by Gasteiger charge is 2.29. The molecule has 1 aliphatic carbocycles. The second kappa shape index (κ2) is 12.3. The summed E-state index contributed by atoms with van der Waals surface area (Å²) in [5.41, 5.74) is 11.7.